The van der Waals surface area contributed by atoms with Crippen LogP contribution in [0.2, 0.25) is 0 Å². The van der Waals surface area contributed by atoms with E-state index in [1.165, 1.54) is 0 Å². The van der Waals surface area contributed by atoms with Gasteiger partial charge in [0.05, 0.1) is 11.1 Å². The SMILES string of the molecule is CC(=O)N(CC1CCCN1C(=O)c1cnc2ccccc2c1)C1CC1. The van der Waals surface area contributed by atoms with Crippen molar-refractivity contribution in [2.45, 2.75) is 44.7 Å². The third-order valence-electron chi connectivity index (χ3n) is 5.27. The fraction of sp³-hybridized carbons (Fsp3) is 0.450. The van der Waals surface area contributed by atoms with Crippen molar-refractivity contribution in [2.75, 3.05) is 13.1 Å². The minimum Gasteiger partial charge on any atom is -0.338 e. The second-order valence-electron chi connectivity index (χ2n) is 7.11. The highest BCUT2D eigenvalue weighted by molar-refractivity contribution is 5.97. The molecule has 1 saturated carbocycles. The van der Waals surface area contributed by atoms with E-state index in [9.17, 15) is 9.59 Å². The molecular formula is C20H23N3O2. The first-order valence-corrected chi connectivity index (χ1v) is 9.06. The first-order chi connectivity index (χ1) is 12.1. The molecule has 2 aliphatic rings. The molecule has 1 saturated heterocycles. The monoisotopic (exact) mass is 337 g/mol. The van der Waals surface area contributed by atoms with Gasteiger partial charge in [-0.1, -0.05) is 18.2 Å². The molecule has 0 N–H and O–H groups in total. The number of likely N-dealkylation sites (tertiary alicyclic amines) is 1. The van der Waals surface area contributed by atoms with Gasteiger partial charge in [0.1, 0.15) is 0 Å². The van der Waals surface area contributed by atoms with Crippen molar-refractivity contribution in [1.82, 2.24) is 14.8 Å². The molecule has 25 heavy (non-hydrogen) atoms. The Bertz CT molecular complexity index is 815. The van der Waals surface area contributed by atoms with Crippen molar-refractivity contribution in [1.29, 1.82) is 0 Å². The van der Waals surface area contributed by atoms with Crippen LogP contribution < -0.4 is 0 Å². The van der Waals surface area contributed by atoms with Crippen LogP contribution in [0.3, 0.4) is 0 Å². The summed E-state index contributed by atoms with van der Waals surface area (Å²) in [6.45, 7) is 3.05. The lowest BCUT2D eigenvalue weighted by atomic mass is 10.1. The Morgan fingerprint density at radius 3 is 2.80 bits per heavy atom. The molecule has 4 rings (SSSR count). The van der Waals surface area contributed by atoms with Crippen LogP contribution in [0.5, 0.6) is 0 Å². The van der Waals surface area contributed by atoms with Gasteiger partial charge in [-0.25, -0.2) is 0 Å². The van der Waals surface area contributed by atoms with Crippen LogP contribution in [0.15, 0.2) is 36.5 Å². The Morgan fingerprint density at radius 1 is 1.24 bits per heavy atom. The van der Waals surface area contributed by atoms with Gasteiger partial charge in [0.15, 0.2) is 0 Å². The lowest BCUT2D eigenvalue weighted by Gasteiger charge is -2.30. The molecule has 0 spiro atoms. The van der Waals surface area contributed by atoms with Gasteiger partial charge in [-0.15, -0.1) is 0 Å². The number of benzene rings is 1. The number of para-hydroxylation sites is 1. The Balaban J connectivity index is 1.54. The number of aromatic nitrogens is 1. The van der Waals surface area contributed by atoms with Crippen LogP contribution in [-0.2, 0) is 4.79 Å². The molecule has 1 atom stereocenters. The van der Waals surface area contributed by atoms with Crippen LogP contribution in [0.25, 0.3) is 10.9 Å². The Kier molecular flexibility index (Phi) is 4.15. The molecule has 130 valence electrons. The number of pyridine rings is 1. The standard InChI is InChI=1S/C20H23N3O2/c1-14(24)23(17-8-9-17)13-18-6-4-10-22(18)20(25)16-11-15-5-2-3-7-19(15)21-12-16/h2-3,5,7,11-12,17-18H,4,6,8-10,13H2,1H3. The van der Waals surface area contributed by atoms with E-state index in [2.05, 4.69) is 4.98 Å². The number of rotatable bonds is 4. The van der Waals surface area contributed by atoms with E-state index < -0.39 is 0 Å². The largest absolute Gasteiger partial charge is 0.338 e. The fourth-order valence-electron chi connectivity index (χ4n) is 3.79. The third-order valence-corrected chi connectivity index (χ3v) is 5.27. The molecule has 5 nitrogen and oxygen atoms in total. The quantitative estimate of drug-likeness (QED) is 0.862. The van der Waals surface area contributed by atoms with Crippen molar-refractivity contribution in [3.05, 3.63) is 42.1 Å². The summed E-state index contributed by atoms with van der Waals surface area (Å²) in [7, 11) is 0. The number of carbonyl (C=O) groups excluding carboxylic acids is 2. The first-order valence-electron chi connectivity index (χ1n) is 9.06. The molecule has 1 aromatic carbocycles. The highest BCUT2D eigenvalue weighted by Crippen LogP contribution is 2.30. The molecule has 1 unspecified atom stereocenters. The summed E-state index contributed by atoms with van der Waals surface area (Å²) in [6.07, 6.45) is 5.81. The van der Waals surface area contributed by atoms with Gasteiger partial charge in [0.25, 0.3) is 5.91 Å². The molecule has 5 heteroatoms. The Hall–Kier alpha value is -2.43. The minimum absolute atomic E-state index is 0.0278. The molecule has 2 amide bonds. The third kappa shape index (κ3) is 3.23. The minimum atomic E-state index is 0.0278. The smallest absolute Gasteiger partial charge is 0.255 e. The van der Waals surface area contributed by atoms with Gasteiger partial charge in [-0.05, 0) is 37.8 Å². The van der Waals surface area contributed by atoms with Gasteiger partial charge >= 0.3 is 0 Å². The Morgan fingerprint density at radius 2 is 2.04 bits per heavy atom. The molecule has 1 aliphatic heterocycles. The lowest BCUT2D eigenvalue weighted by molar-refractivity contribution is -0.130. The molecule has 0 radical (unpaired) electrons. The van der Waals surface area contributed by atoms with E-state index in [0.29, 0.717) is 18.2 Å². The fourth-order valence-corrected chi connectivity index (χ4v) is 3.79. The predicted molar refractivity (Wildman–Crippen MR) is 96.2 cm³/mol. The molecule has 0 bridgehead atoms. The average Bonchev–Trinajstić information content (AvgIpc) is 3.36. The van der Waals surface area contributed by atoms with Crippen molar-refractivity contribution in [3.63, 3.8) is 0 Å². The molecule has 1 aliphatic carbocycles. The highest BCUT2D eigenvalue weighted by Gasteiger charge is 2.36. The summed E-state index contributed by atoms with van der Waals surface area (Å²) < 4.78 is 0. The van der Waals surface area contributed by atoms with E-state index >= 15 is 0 Å². The first kappa shape index (κ1) is 16.1. The molecule has 2 aromatic rings. The molecular weight excluding hydrogens is 314 g/mol. The van der Waals surface area contributed by atoms with Crippen LogP contribution in [0.1, 0.15) is 43.0 Å². The second kappa shape index (κ2) is 6.47. The van der Waals surface area contributed by atoms with Crippen molar-refractivity contribution >= 4 is 22.7 Å². The highest BCUT2D eigenvalue weighted by atomic mass is 16.2. The van der Waals surface area contributed by atoms with E-state index in [1.807, 2.05) is 40.1 Å². The van der Waals surface area contributed by atoms with E-state index in [1.54, 1.807) is 13.1 Å². The zero-order valence-electron chi connectivity index (χ0n) is 14.5. The number of hydrogen-bond acceptors (Lipinski definition) is 3. The van der Waals surface area contributed by atoms with Crippen molar-refractivity contribution in [3.8, 4) is 0 Å². The second-order valence-corrected chi connectivity index (χ2v) is 7.11. The number of carbonyl (C=O) groups is 2. The van der Waals surface area contributed by atoms with Crippen molar-refractivity contribution < 1.29 is 9.59 Å². The topological polar surface area (TPSA) is 53.5 Å². The predicted octanol–water partition coefficient (Wildman–Crippen LogP) is 2.85. The summed E-state index contributed by atoms with van der Waals surface area (Å²) in [5, 5.41) is 0.979. The van der Waals surface area contributed by atoms with Crippen molar-refractivity contribution in [2.24, 2.45) is 0 Å². The van der Waals surface area contributed by atoms with Crippen LogP contribution in [-0.4, -0.2) is 51.8 Å². The summed E-state index contributed by atoms with van der Waals surface area (Å²) in [5.74, 6) is 0.147. The number of fused-ring (bicyclic) bond motifs is 1. The lowest BCUT2D eigenvalue weighted by Crippen LogP contribution is -2.45. The van der Waals surface area contributed by atoms with E-state index in [0.717, 1.165) is 43.1 Å². The van der Waals surface area contributed by atoms with Crippen LogP contribution in [0, 0.1) is 0 Å². The van der Waals surface area contributed by atoms with Gasteiger partial charge < -0.3 is 9.80 Å². The summed E-state index contributed by atoms with van der Waals surface area (Å²) in [6, 6.07) is 10.2. The molecule has 1 aromatic heterocycles. The number of amides is 2. The number of hydrogen-bond donors (Lipinski definition) is 0. The maximum Gasteiger partial charge on any atom is 0.255 e. The van der Waals surface area contributed by atoms with Gasteiger partial charge in [-0.3, -0.25) is 14.6 Å². The van der Waals surface area contributed by atoms with E-state index in [-0.39, 0.29) is 17.9 Å². The van der Waals surface area contributed by atoms with Gasteiger partial charge in [0, 0.05) is 43.7 Å². The summed E-state index contributed by atoms with van der Waals surface area (Å²) >= 11 is 0. The molecule has 2 heterocycles. The van der Waals surface area contributed by atoms with Crippen LogP contribution in [0.4, 0.5) is 0 Å². The van der Waals surface area contributed by atoms with Crippen LogP contribution >= 0.6 is 0 Å². The number of nitrogens with zero attached hydrogens (tertiary/aromatic N) is 3. The van der Waals surface area contributed by atoms with E-state index in [4.69, 9.17) is 0 Å². The summed E-state index contributed by atoms with van der Waals surface area (Å²) in [5.41, 5.74) is 1.53. The maximum atomic E-state index is 13.0. The zero-order chi connectivity index (χ0) is 17.4. The molecule has 2 fully saturated rings. The normalized spacial score (nSPS) is 20.0. The zero-order valence-corrected chi connectivity index (χ0v) is 14.5. The van der Waals surface area contributed by atoms with Gasteiger partial charge in [-0.2, -0.15) is 0 Å². The van der Waals surface area contributed by atoms with Gasteiger partial charge in [0.2, 0.25) is 5.91 Å². The summed E-state index contributed by atoms with van der Waals surface area (Å²) in [4.78, 5) is 33.2. The Labute approximate surface area is 147 Å². The average molecular weight is 337 g/mol. The maximum absolute atomic E-state index is 13.0.